The van der Waals surface area contributed by atoms with Crippen LogP contribution in [0.4, 0.5) is 5.69 Å². The standard InChI is InChI=1S/C16H19N5O2S/c22-15(11-24-14-10-17-20-19-14)21-8-6-12(7-9-21)16(23)18-13-4-2-1-3-5-13/h1-5,10,12H,6-9,11H2,(H,18,23)(H,17,19,20). The SMILES string of the molecule is O=C(Nc1ccccc1)C1CCN(C(=O)CSc2cn[nH]n2)CC1. The number of H-pyrrole nitrogens is 1. The Morgan fingerprint density at radius 1 is 1.25 bits per heavy atom. The van der Waals surface area contributed by atoms with Gasteiger partial charge in [-0.2, -0.15) is 10.3 Å². The van der Waals surface area contributed by atoms with Gasteiger partial charge in [-0.3, -0.25) is 9.59 Å². The van der Waals surface area contributed by atoms with E-state index in [1.165, 1.54) is 11.8 Å². The minimum Gasteiger partial charge on any atom is -0.342 e. The van der Waals surface area contributed by atoms with E-state index in [1.54, 1.807) is 6.20 Å². The highest BCUT2D eigenvalue weighted by Crippen LogP contribution is 2.21. The van der Waals surface area contributed by atoms with E-state index in [-0.39, 0.29) is 17.7 Å². The van der Waals surface area contributed by atoms with Crippen LogP contribution in [0.5, 0.6) is 0 Å². The van der Waals surface area contributed by atoms with Crippen molar-refractivity contribution in [3.8, 4) is 0 Å². The van der Waals surface area contributed by atoms with E-state index in [2.05, 4.69) is 20.7 Å². The van der Waals surface area contributed by atoms with Gasteiger partial charge in [0.05, 0.1) is 11.9 Å². The lowest BCUT2D eigenvalue weighted by molar-refractivity contribution is -0.132. The molecule has 0 saturated carbocycles. The van der Waals surface area contributed by atoms with Gasteiger partial charge in [-0.25, -0.2) is 0 Å². The molecule has 1 aliphatic rings. The number of piperidine rings is 1. The monoisotopic (exact) mass is 345 g/mol. The molecule has 0 bridgehead atoms. The number of hydrogen-bond acceptors (Lipinski definition) is 5. The van der Waals surface area contributed by atoms with Crippen molar-refractivity contribution in [3.63, 3.8) is 0 Å². The Morgan fingerprint density at radius 3 is 2.67 bits per heavy atom. The Morgan fingerprint density at radius 2 is 2.00 bits per heavy atom. The number of carbonyl (C=O) groups excluding carboxylic acids is 2. The Labute approximate surface area is 144 Å². The topological polar surface area (TPSA) is 91.0 Å². The molecule has 1 fully saturated rings. The third kappa shape index (κ3) is 4.35. The first kappa shape index (κ1) is 16.5. The zero-order valence-electron chi connectivity index (χ0n) is 13.1. The maximum atomic E-state index is 12.3. The summed E-state index contributed by atoms with van der Waals surface area (Å²) in [4.78, 5) is 26.3. The lowest BCUT2D eigenvalue weighted by Gasteiger charge is -2.31. The number of anilines is 1. The number of likely N-dealkylation sites (tertiary alicyclic amines) is 1. The van der Waals surface area contributed by atoms with Gasteiger partial charge in [-0.1, -0.05) is 30.0 Å². The van der Waals surface area contributed by atoms with Crippen LogP contribution in [0.1, 0.15) is 12.8 Å². The number of thioether (sulfide) groups is 1. The zero-order chi connectivity index (χ0) is 16.8. The largest absolute Gasteiger partial charge is 0.342 e. The molecule has 1 saturated heterocycles. The number of nitrogens with one attached hydrogen (secondary N) is 2. The number of para-hydroxylation sites is 1. The molecule has 126 valence electrons. The molecule has 0 aliphatic carbocycles. The van der Waals surface area contributed by atoms with E-state index in [9.17, 15) is 9.59 Å². The minimum atomic E-state index is -0.0440. The molecular formula is C16H19N5O2S. The van der Waals surface area contributed by atoms with Crippen LogP contribution in [-0.2, 0) is 9.59 Å². The van der Waals surface area contributed by atoms with Gasteiger partial charge < -0.3 is 10.2 Å². The van der Waals surface area contributed by atoms with Gasteiger partial charge in [-0.05, 0) is 25.0 Å². The molecule has 2 amide bonds. The first-order valence-corrected chi connectivity index (χ1v) is 8.83. The van der Waals surface area contributed by atoms with Crippen molar-refractivity contribution in [3.05, 3.63) is 36.5 Å². The molecule has 8 heteroatoms. The number of aromatic amines is 1. The molecule has 0 spiro atoms. The lowest BCUT2D eigenvalue weighted by atomic mass is 9.96. The van der Waals surface area contributed by atoms with E-state index >= 15 is 0 Å². The van der Waals surface area contributed by atoms with Crippen LogP contribution in [0.25, 0.3) is 0 Å². The van der Waals surface area contributed by atoms with Gasteiger partial charge >= 0.3 is 0 Å². The molecule has 2 heterocycles. The Bertz CT molecular complexity index is 669. The fraction of sp³-hybridized carbons (Fsp3) is 0.375. The van der Waals surface area contributed by atoms with Crippen molar-refractivity contribution in [1.29, 1.82) is 0 Å². The van der Waals surface area contributed by atoms with Crippen molar-refractivity contribution in [2.75, 3.05) is 24.2 Å². The van der Waals surface area contributed by atoms with Crippen LogP contribution in [-0.4, -0.2) is 51.0 Å². The summed E-state index contributed by atoms with van der Waals surface area (Å²) >= 11 is 1.36. The first-order chi connectivity index (χ1) is 11.7. The van der Waals surface area contributed by atoms with Gasteiger partial charge in [0.15, 0.2) is 0 Å². The predicted octanol–water partition coefficient (Wildman–Crippen LogP) is 1.77. The molecule has 0 radical (unpaired) electrons. The summed E-state index contributed by atoms with van der Waals surface area (Å²) < 4.78 is 0. The van der Waals surface area contributed by atoms with Crippen LogP contribution in [0, 0.1) is 5.92 Å². The number of aromatic nitrogens is 3. The summed E-state index contributed by atoms with van der Waals surface area (Å²) in [6.45, 7) is 1.23. The van der Waals surface area contributed by atoms with Gasteiger partial charge in [0, 0.05) is 24.7 Å². The maximum Gasteiger partial charge on any atom is 0.232 e. The van der Waals surface area contributed by atoms with E-state index in [0.717, 1.165) is 5.69 Å². The van der Waals surface area contributed by atoms with E-state index < -0.39 is 0 Å². The van der Waals surface area contributed by atoms with Crippen molar-refractivity contribution < 1.29 is 9.59 Å². The summed E-state index contributed by atoms with van der Waals surface area (Å²) in [5.74, 6) is 0.403. The van der Waals surface area contributed by atoms with Crippen molar-refractivity contribution >= 4 is 29.3 Å². The second kappa shape index (κ2) is 7.96. The predicted molar refractivity (Wildman–Crippen MR) is 91.5 cm³/mol. The Kier molecular flexibility index (Phi) is 5.47. The second-order valence-electron chi connectivity index (χ2n) is 5.61. The minimum absolute atomic E-state index is 0.0327. The van der Waals surface area contributed by atoms with Crippen molar-refractivity contribution in [2.45, 2.75) is 17.9 Å². The number of hydrogen-bond donors (Lipinski definition) is 2. The molecule has 24 heavy (non-hydrogen) atoms. The van der Waals surface area contributed by atoms with E-state index in [4.69, 9.17) is 0 Å². The fourth-order valence-electron chi connectivity index (χ4n) is 2.64. The van der Waals surface area contributed by atoms with Crippen molar-refractivity contribution in [1.82, 2.24) is 20.3 Å². The third-order valence-electron chi connectivity index (χ3n) is 4.00. The lowest BCUT2D eigenvalue weighted by Crippen LogP contribution is -2.42. The average molecular weight is 345 g/mol. The summed E-state index contributed by atoms with van der Waals surface area (Å²) in [7, 11) is 0. The van der Waals surface area contributed by atoms with Gasteiger partial charge in [0.1, 0.15) is 5.03 Å². The van der Waals surface area contributed by atoms with Crippen LogP contribution < -0.4 is 5.32 Å². The first-order valence-electron chi connectivity index (χ1n) is 7.84. The smallest absolute Gasteiger partial charge is 0.232 e. The van der Waals surface area contributed by atoms with E-state index in [1.807, 2.05) is 35.2 Å². The highest BCUT2D eigenvalue weighted by Gasteiger charge is 2.27. The summed E-state index contributed by atoms with van der Waals surface area (Å²) in [5.41, 5.74) is 0.810. The molecule has 2 N–H and O–H groups in total. The number of nitrogens with zero attached hydrogens (tertiary/aromatic N) is 3. The van der Waals surface area contributed by atoms with Gasteiger partial charge in [0.25, 0.3) is 0 Å². The molecule has 3 rings (SSSR count). The molecular weight excluding hydrogens is 326 g/mol. The van der Waals surface area contributed by atoms with Crippen molar-refractivity contribution in [2.24, 2.45) is 5.92 Å². The number of carbonyl (C=O) groups is 2. The molecule has 2 aromatic rings. The third-order valence-corrected chi connectivity index (χ3v) is 4.88. The molecule has 7 nitrogen and oxygen atoms in total. The highest BCUT2D eigenvalue weighted by molar-refractivity contribution is 7.99. The molecule has 1 aliphatic heterocycles. The molecule has 1 aromatic heterocycles. The molecule has 0 unspecified atom stereocenters. The van der Waals surface area contributed by atoms with Gasteiger partial charge in [0.2, 0.25) is 11.8 Å². The van der Waals surface area contributed by atoms with E-state index in [0.29, 0.717) is 36.7 Å². The fourth-order valence-corrected chi connectivity index (χ4v) is 3.33. The normalized spacial score (nSPS) is 15.2. The molecule has 1 aromatic carbocycles. The number of benzene rings is 1. The summed E-state index contributed by atoms with van der Waals surface area (Å²) in [5, 5.41) is 13.8. The molecule has 0 atom stereocenters. The maximum absolute atomic E-state index is 12.3. The number of rotatable bonds is 5. The Hall–Kier alpha value is -2.35. The Balaban J connectivity index is 1.43. The zero-order valence-corrected chi connectivity index (χ0v) is 14.0. The van der Waals surface area contributed by atoms with Crippen LogP contribution in [0.15, 0.2) is 41.6 Å². The second-order valence-corrected chi connectivity index (χ2v) is 6.60. The quantitative estimate of drug-likeness (QED) is 0.806. The van der Waals surface area contributed by atoms with Crippen LogP contribution in [0.3, 0.4) is 0 Å². The summed E-state index contributed by atoms with van der Waals surface area (Å²) in [6, 6.07) is 9.44. The summed E-state index contributed by atoms with van der Waals surface area (Å²) in [6.07, 6.45) is 2.98. The van der Waals surface area contributed by atoms with Crippen LogP contribution in [0.2, 0.25) is 0 Å². The van der Waals surface area contributed by atoms with Gasteiger partial charge in [-0.15, -0.1) is 5.10 Å². The average Bonchev–Trinajstić information content (AvgIpc) is 3.14. The van der Waals surface area contributed by atoms with Crippen LogP contribution >= 0.6 is 11.8 Å². The number of amides is 2. The highest BCUT2D eigenvalue weighted by atomic mass is 32.2.